The molecule has 0 aliphatic rings. The average Bonchev–Trinajstić information content (AvgIpc) is 3.18. The van der Waals surface area contributed by atoms with Crippen LogP contribution in [0.5, 0.6) is 0 Å². The van der Waals surface area contributed by atoms with Gasteiger partial charge in [-0.1, -0.05) is 23.7 Å². The van der Waals surface area contributed by atoms with Gasteiger partial charge in [0.1, 0.15) is 16.4 Å². The van der Waals surface area contributed by atoms with Crippen LogP contribution < -0.4 is 5.56 Å². The second-order valence-electron chi connectivity index (χ2n) is 5.12. The molecule has 0 spiro atoms. The molecule has 6 heteroatoms. The fourth-order valence-electron chi connectivity index (χ4n) is 2.49. The molecule has 0 aliphatic carbocycles. The first-order valence-electron chi connectivity index (χ1n) is 6.99. The van der Waals surface area contributed by atoms with Gasteiger partial charge in [0.2, 0.25) is 0 Å². The third-order valence-electron chi connectivity index (χ3n) is 3.56. The molecule has 0 radical (unpaired) electrons. The number of H-pyrrole nitrogens is 1. The first-order valence-corrected chi connectivity index (χ1v) is 8.25. The van der Waals surface area contributed by atoms with E-state index in [0.717, 1.165) is 11.1 Å². The van der Waals surface area contributed by atoms with Crippen LogP contribution in [0.1, 0.15) is 11.4 Å². The molecule has 0 aliphatic heterocycles. The van der Waals surface area contributed by atoms with E-state index in [4.69, 9.17) is 16.0 Å². The third kappa shape index (κ3) is 2.69. The summed E-state index contributed by atoms with van der Waals surface area (Å²) in [5.74, 6) is 1.31. The summed E-state index contributed by atoms with van der Waals surface area (Å²) in [7, 11) is 0. The van der Waals surface area contributed by atoms with E-state index in [0.29, 0.717) is 33.2 Å². The van der Waals surface area contributed by atoms with Crippen molar-refractivity contribution in [2.24, 2.45) is 0 Å². The lowest BCUT2D eigenvalue weighted by Gasteiger charge is -2.02. The van der Waals surface area contributed by atoms with Crippen LogP contribution in [-0.2, 0) is 6.42 Å². The van der Waals surface area contributed by atoms with E-state index in [-0.39, 0.29) is 5.56 Å². The summed E-state index contributed by atoms with van der Waals surface area (Å²) in [6.07, 6.45) is 2.14. The maximum atomic E-state index is 12.5. The molecule has 0 saturated heterocycles. The van der Waals surface area contributed by atoms with Gasteiger partial charge in [-0.2, -0.15) is 0 Å². The van der Waals surface area contributed by atoms with E-state index in [2.05, 4.69) is 9.97 Å². The van der Waals surface area contributed by atoms with Crippen LogP contribution in [0.4, 0.5) is 0 Å². The van der Waals surface area contributed by atoms with Crippen molar-refractivity contribution in [3.05, 3.63) is 74.8 Å². The largest absolute Gasteiger partial charge is 0.464 e. The van der Waals surface area contributed by atoms with E-state index in [1.54, 1.807) is 12.3 Å². The second kappa shape index (κ2) is 5.68. The Balaban J connectivity index is 1.76. The summed E-state index contributed by atoms with van der Waals surface area (Å²) in [6.45, 7) is 0. The van der Waals surface area contributed by atoms with E-state index < -0.39 is 0 Å². The summed E-state index contributed by atoms with van der Waals surface area (Å²) >= 11 is 7.33. The SMILES string of the molecule is O=c1[nH]c(Cc2ccc(Cl)cc2)nc2scc(-c3ccco3)c12. The lowest BCUT2D eigenvalue weighted by molar-refractivity contribution is 0.583. The van der Waals surface area contributed by atoms with Gasteiger partial charge in [0.15, 0.2) is 0 Å². The maximum Gasteiger partial charge on any atom is 0.260 e. The molecule has 0 bridgehead atoms. The molecule has 1 aromatic carbocycles. The number of hydrogen-bond acceptors (Lipinski definition) is 4. The Hall–Kier alpha value is -2.37. The summed E-state index contributed by atoms with van der Waals surface area (Å²) in [6, 6.07) is 11.1. The highest BCUT2D eigenvalue weighted by Crippen LogP contribution is 2.30. The van der Waals surface area contributed by atoms with Crippen LogP contribution in [0, 0.1) is 0 Å². The zero-order chi connectivity index (χ0) is 15.8. The lowest BCUT2D eigenvalue weighted by atomic mass is 10.1. The third-order valence-corrected chi connectivity index (χ3v) is 4.69. The van der Waals surface area contributed by atoms with Crippen LogP contribution in [0.15, 0.2) is 57.3 Å². The number of halogens is 1. The van der Waals surface area contributed by atoms with Crippen LogP contribution in [0.25, 0.3) is 21.5 Å². The van der Waals surface area contributed by atoms with Gasteiger partial charge >= 0.3 is 0 Å². The van der Waals surface area contributed by atoms with Crippen molar-refractivity contribution in [1.82, 2.24) is 9.97 Å². The first kappa shape index (κ1) is 14.2. The molecule has 114 valence electrons. The number of furan rings is 1. The van der Waals surface area contributed by atoms with Gasteiger partial charge in [0.25, 0.3) is 5.56 Å². The number of benzene rings is 1. The normalized spacial score (nSPS) is 11.2. The molecule has 4 aromatic rings. The molecular formula is C17H11ClN2O2S. The molecule has 4 nitrogen and oxygen atoms in total. The molecule has 3 heterocycles. The second-order valence-corrected chi connectivity index (χ2v) is 6.42. The minimum absolute atomic E-state index is 0.147. The Labute approximate surface area is 140 Å². The van der Waals surface area contributed by atoms with Gasteiger partial charge in [-0.05, 0) is 29.8 Å². The quantitative estimate of drug-likeness (QED) is 0.596. The monoisotopic (exact) mass is 342 g/mol. The molecule has 0 amide bonds. The highest BCUT2D eigenvalue weighted by molar-refractivity contribution is 7.17. The van der Waals surface area contributed by atoms with E-state index in [9.17, 15) is 4.79 Å². The number of rotatable bonds is 3. The topological polar surface area (TPSA) is 58.9 Å². The van der Waals surface area contributed by atoms with Gasteiger partial charge in [-0.25, -0.2) is 4.98 Å². The zero-order valence-corrected chi connectivity index (χ0v) is 13.4. The van der Waals surface area contributed by atoms with Crippen molar-refractivity contribution in [3.8, 4) is 11.3 Å². The van der Waals surface area contributed by atoms with E-state index >= 15 is 0 Å². The molecule has 4 rings (SSSR count). The van der Waals surface area contributed by atoms with Crippen LogP contribution in [0.3, 0.4) is 0 Å². The molecule has 3 aromatic heterocycles. The maximum absolute atomic E-state index is 12.5. The fourth-order valence-corrected chi connectivity index (χ4v) is 3.56. The number of aromatic amines is 1. The van der Waals surface area contributed by atoms with Crippen molar-refractivity contribution in [1.29, 1.82) is 0 Å². The highest BCUT2D eigenvalue weighted by atomic mass is 35.5. The van der Waals surface area contributed by atoms with Crippen molar-refractivity contribution >= 4 is 33.2 Å². The molecule has 1 N–H and O–H groups in total. The minimum Gasteiger partial charge on any atom is -0.464 e. The molecule has 0 fully saturated rings. The van der Waals surface area contributed by atoms with Gasteiger partial charge in [0, 0.05) is 22.4 Å². The molecule has 0 saturated carbocycles. The predicted molar refractivity (Wildman–Crippen MR) is 92.2 cm³/mol. The number of fused-ring (bicyclic) bond motifs is 1. The predicted octanol–water partition coefficient (Wildman–Crippen LogP) is 4.49. The number of aromatic nitrogens is 2. The van der Waals surface area contributed by atoms with Gasteiger partial charge in [0.05, 0.1) is 11.6 Å². The molecule has 0 atom stereocenters. The van der Waals surface area contributed by atoms with Gasteiger partial charge < -0.3 is 9.40 Å². The van der Waals surface area contributed by atoms with E-state index in [1.807, 2.05) is 35.7 Å². The van der Waals surface area contributed by atoms with Crippen LogP contribution in [0.2, 0.25) is 5.02 Å². The molecule has 23 heavy (non-hydrogen) atoms. The van der Waals surface area contributed by atoms with Crippen LogP contribution in [-0.4, -0.2) is 9.97 Å². The van der Waals surface area contributed by atoms with Crippen molar-refractivity contribution in [3.63, 3.8) is 0 Å². The lowest BCUT2D eigenvalue weighted by Crippen LogP contribution is -2.11. The summed E-state index contributed by atoms with van der Waals surface area (Å²) in [5, 5.41) is 3.16. The van der Waals surface area contributed by atoms with Crippen molar-refractivity contribution in [2.75, 3.05) is 0 Å². The Morgan fingerprint density at radius 3 is 2.78 bits per heavy atom. The average molecular weight is 343 g/mol. The summed E-state index contributed by atoms with van der Waals surface area (Å²) < 4.78 is 5.39. The fraction of sp³-hybridized carbons (Fsp3) is 0.0588. The van der Waals surface area contributed by atoms with Crippen LogP contribution >= 0.6 is 22.9 Å². The molecule has 0 unspecified atom stereocenters. The Kier molecular flexibility index (Phi) is 3.52. The van der Waals surface area contributed by atoms with Crippen molar-refractivity contribution < 1.29 is 4.42 Å². The number of nitrogens with one attached hydrogen (secondary N) is 1. The Bertz CT molecular complexity index is 1020. The van der Waals surface area contributed by atoms with E-state index in [1.165, 1.54) is 11.3 Å². The zero-order valence-electron chi connectivity index (χ0n) is 11.9. The standard InChI is InChI=1S/C17H11ClN2O2S/c18-11-5-3-10(4-6-11)8-14-19-16(21)15-12(9-23-17(15)20-14)13-2-1-7-22-13/h1-7,9H,8H2,(H,19,20,21). The number of thiophene rings is 1. The summed E-state index contributed by atoms with van der Waals surface area (Å²) in [4.78, 5) is 20.6. The number of hydrogen-bond donors (Lipinski definition) is 1. The molecular weight excluding hydrogens is 332 g/mol. The van der Waals surface area contributed by atoms with Crippen molar-refractivity contribution in [2.45, 2.75) is 6.42 Å². The number of nitrogens with zero attached hydrogens (tertiary/aromatic N) is 1. The smallest absolute Gasteiger partial charge is 0.260 e. The Morgan fingerprint density at radius 1 is 1.22 bits per heavy atom. The Morgan fingerprint density at radius 2 is 2.04 bits per heavy atom. The first-order chi connectivity index (χ1) is 11.2. The van der Waals surface area contributed by atoms with Gasteiger partial charge in [-0.3, -0.25) is 4.79 Å². The summed E-state index contributed by atoms with van der Waals surface area (Å²) in [5.41, 5.74) is 1.67. The minimum atomic E-state index is -0.147. The highest BCUT2D eigenvalue weighted by Gasteiger charge is 2.14. The van der Waals surface area contributed by atoms with Gasteiger partial charge in [-0.15, -0.1) is 11.3 Å².